The Balaban J connectivity index is 2.58. The van der Waals surface area contributed by atoms with Gasteiger partial charge < -0.3 is 85.3 Å². The van der Waals surface area contributed by atoms with E-state index in [-0.39, 0.29) is 57.1 Å². The summed E-state index contributed by atoms with van der Waals surface area (Å²) in [5.74, 6) is -16.8. The van der Waals surface area contributed by atoms with Gasteiger partial charge in [0.05, 0.1) is 49.3 Å². The van der Waals surface area contributed by atoms with Gasteiger partial charge in [-0.2, -0.15) is 0 Å². The van der Waals surface area contributed by atoms with Gasteiger partial charge in [0.15, 0.2) is 29.1 Å². The quantitative estimate of drug-likeness (QED) is 0.0257. The van der Waals surface area contributed by atoms with Gasteiger partial charge in [-0.3, -0.25) is 62.5 Å². The average Bonchev–Trinajstić information content (AvgIpc) is 0.826. The first-order valence-electron chi connectivity index (χ1n) is 34.7. The maximum atomic E-state index is 15.0. The molecular weight excluding hydrogens is 1320 g/mol. The number of nitrogens with zero attached hydrogens (tertiary/aromatic N) is 1. The number of carboxylic acid groups (broad SMARTS) is 1. The Morgan fingerprint density at radius 3 is 1.59 bits per heavy atom. The number of Topliss-reactive ketones (excluding diaryl/α,β-unsaturated/α-hetero) is 4. The van der Waals surface area contributed by atoms with E-state index in [4.69, 9.17) is 27.7 Å². The molecule has 30 heteroatoms. The third-order valence-corrected chi connectivity index (χ3v) is 17.1. The number of ether oxygens (including phenoxy) is 1. The number of carbonyl (C=O) groups is 13. The molecule has 0 fully saturated rings. The van der Waals surface area contributed by atoms with Crippen LogP contribution in [0, 0.1) is 46.3 Å². The van der Waals surface area contributed by atoms with Crippen molar-refractivity contribution in [2.24, 2.45) is 74.3 Å². The molecule has 8 amide bonds. The van der Waals surface area contributed by atoms with Crippen molar-refractivity contribution in [2.75, 3.05) is 13.2 Å². The second-order valence-electron chi connectivity index (χ2n) is 29.5. The molecule has 2 rings (SSSR count). The van der Waals surface area contributed by atoms with Crippen LogP contribution in [0.2, 0.25) is 0 Å². The zero-order valence-corrected chi connectivity index (χ0v) is 61.4. The first kappa shape index (κ1) is 89.3. The summed E-state index contributed by atoms with van der Waals surface area (Å²) in [6, 6.07) is 5.23. The van der Waals surface area contributed by atoms with Crippen molar-refractivity contribution in [3.05, 3.63) is 71.8 Å². The lowest BCUT2D eigenvalue weighted by Crippen LogP contribution is -2.62. The molecule has 2 aromatic carbocycles. The number of benzene rings is 2. The Hall–Kier alpha value is -8.74. The maximum absolute atomic E-state index is 15.0. The molecule has 570 valence electrons. The Kier molecular flexibility index (Phi) is 37.9. The summed E-state index contributed by atoms with van der Waals surface area (Å²) in [7, 11) is 0. The fraction of sp³-hybridized carbons (Fsp3) is 0.639. The Labute approximate surface area is 598 Å². The second kappa shape index (κ2) is 43.3. The molecular formula is C72H114N12O18. The molecule has 0 radical (unpaired) electrons. The molecule has 0 aromatic heterocycles. The van der Waals surface area contributed by atoms with Crippen LogP contribution in [0.3, 0.4) is 0 Å². The van der Waals surface area contributed by atoms with Crippen molar-refractivity contribution in [3.63, 3.8) is 0 Å². The minimum atomic E-state index is -1.74. The minimum Gasteiger partial charge on any atom is -0.481 e. The lowest BCUT2D eigenvalue weighted by Gasteiger charge is -2.33. The van der Waals surface area contributed by atoms with Crippen molar-refractivity contribution in [1.29, 1.82) is 0 Å². The summed E-state index contributed by atoms with van der Waals surface area (Å²) in [6.45, 7) is 21.4. The topological polar surface area (TPSA) is 513 Å². The van der Waals surface area contributed by atoms with Crippen LogP contribution >= 0.6 is 0 Å². The van der Waals surface area contributed by atoms with Crippen LogP contribution in [0.25, 0.3) is 0 Å². The van der Waals surface area contributed by atoms with Crippen LogP contribution in [0.15, 0.2) is 65.7 Å². The van der Waals surface area contributed by atoms with E-state index in [1.807, 2.05) is 47.6 Å². The molecule has 0 heterocycles. The normalized spacial score (nSPS) is 15.8. The summed E-state index contributed by atoms with van der Waals surface area (Å²) >= 11 is 0. The zero-order valence-electron chi connectivity index (χ0n) is 61.4. The number of hydrogen-bond acceptors (Lipinski definition) is 19. The van der Waals surface area contributed by atoms with E-state index in [2.05, 4.69) is 42.2 Å². The van der Waals surface area contributed by atoms with Crippen LogP contribution in [0.5, 0.6) is 0 Å². The number of rotatable bonds is 46. The highest BCUT2D eigenvalue weighted by Crippen LogP contribution is 2.27. The van der Waals surface area contributed by atoms with E-state index in [0.29, 0.717) is 17.5 Å². The van der Waals surface area contributed by atoms with Gasteiger partial charge >= 0.3 is 12.1 Å². The predicted octanol–water partition coefficient (Wildman–Crippen LogP) is 2.33. The summed E-state index contributed by atoms with van der Waals surface area (Å²) in [6.07, 6.45) is -7.49. The second-order valence-corrected chi connectivity index (χ2v) is 29.5. The van der Waals surface area contributed by atoms with Gasteiger partial charge in [-0.05, 0) is 78.7 Å². The number of nitrogens with one attached hydrogen (secondary N) is 7. The number of aliphatic imine (C=N–C) groups is 1. The number of amides is 8. The molecule has 0 aliphatic carbocycles. The predicted molar refractivity (Wildman–Crippen MR) is 380 cm³/mol. The van der Waals surface area contributed by atoms with Crippen molar-refractivity contribution in [1.82, 2.24) is 37.2 Å². The first-order valence-corrected chi connectivity index (χ1v) is 34.7. The minimum absolute atomic E-state index is 0.00256. The van der Waals surface area contributed by atoms with Crippen LogP contribution in [-0.2, 0) is 68.9 Å². The highest BCUT2D eigenvalue weighted by atomic mass is 16.5. The fourth-order valence-corrected chi connectivity index (χ4v) is 11.2. The van der Waals surface area contributed by atoms with Gasteiger partial charge in [0.2, 0.25) is 41.4 Å². The molecule has 0 aliphatic rings. The maximum Gasteiger partial charge on any atom is 0.408 e. The third kappa shape index (κ3) is 32.9. The summed E-state index contributed by atoms with van der Waals surface area (Å²) < 4.78 is 5.45. The molecule has 0 saturated carbocycles. The number of hydrogen-bond donors (Lipinski definition) is 15. The van der Waals surface area contributed by atoms with Gasteiger partial charge in [-0.15, -0.1) is 0 Å². The van der Waals surface area contributed by atoms with Crippen LogP contribution in [0.1, 0.15) is 184 Å². The van der Waals surface area contributed by atoms with Gasteiger partial charge in [0.1, 0.15) is 36.8 Å². The molecule has 1 unspecified atom stereocenters. The van der Waals surface area contributed by atoms with Crippen molar-refractivity contribution >= 4 is 82.5 Å². The third-order valence-electron chi connectivity index (χ3n) is 17.1. The Bertz CT molecular complexity index is 3150. The average molecular weight is 1440 g/mol. The number of aliphatic carboxylic acids is 1. The number of nitrogens with two attached hydrogens (primary N) is 4. The largest absolute Gasteiger partial charge is 0.481 e. The standard InChI is InChI=1S/C72H114N12O18/c1-14-41(6)47(64(95)82-59(42(7)86)52(87)27-28-57(92)78-49(34-56(73)91)53(88)32-46(37-85)68(99)100)33-54(89)48(26-21-29-77-69(75)76)79-63(94)45(30-39(2)3)31-55(90)60(62(93)40(4)5)83-67(98)61(58(74)44-24-19-16-20-25-44)84-66(97)50(35-71(8,9)10)80-65(96)51(36-72(11,12)13)81-70(101)102-38-43-22-17-15-18-23-43/h15-20,22-25,39-42,45-51,58-62,85-86,93H,14,21,26-38,74H2,1-13H3,(H2,73,91)(H,78,92)(H,79,94)(H,80,96)(H,81,101)(H,82,95)(H,83,98)(H,84,97)(H,99,100)(H4,75,76,77)/t41-,42-,45+,46-,47?,48+,49-,50-,51+,58+,59-,60+,61-,62+/m0/s1. The van der Waals surface area contributed by atoms with Crippen LogP contribution in [-0.4, -0.2) is 171 Å². The van der Waals surface area contributed by atoms with Gasteiger partial charge in [0, 0.05) is 50.5 Å². The number of alkyl carbamates (subject to hydrolysis) is 1. The molecule has 19 N–H and O–H groups in total. The number of ketones is 4. The van der Waals surface area contributed by atoms with E-state index in [0.717, 1.165) is 0 Å². The molecule has 0 bridgehead atoms. The number of primary amides is 1. The van der Waals surface area contributed by atoms with Crippen LogP contribution in [0.4, 0.5) is 4.79 Å². The summed E-state index contributed by atoms with van der Waals surface area (Å²) in [5.41, 5.74) is 23.2. The van der Waals surface area contributed by atoms with Gasteiger partial charge in [-0.1, -0.05) is 150 Å². The summed E-state index contributed by atoms with van der Waals surface area (Å²) in [5, 5.41) is 59.8. The molecule has 0 aliphatic heterocycles. The fourth-order valence-electron chi connectivity index (χ4n) is 11.2. The molecule has 0 saturated heterocycles. The van der Waals surface area contributed by atoms with E-state index < -0.39 is 223 Å². The van der Waals surface area contributed by atoms with E-state index in [1.54, 1.807) is 96.1 Å². The molecule has 0 spiro atoms. The highest BCUT2D eigenvalue weighted by molar-refractivity contribution is 6.00. The lowest BCUT2D eigenvalue weighted by atomic mass is 9.83. The molecule has 14 atom stereocenters. The summed E-state index contributed by atoms with van der Waals surface area (Å²) in [4.78, 5) is 183. The zero-order chi connectivity index (χ0) is 77.5. The smallest absolute Gasteiger partial charge is 0.408 e. The van der Waals surface area contributed by atoms with Gasteiger partial charge in [-0.25, -0.2) is 4.79 Å². The van der Waals surface area contributed by atoms with E-state index in [1.165, 1.54) is 6.92 Å². The first-order chi connectivity index (χ1) is 47.5. The number of aliphatic hydroxyl groups excluding tert-OH is 3. The number of guanidine groups is 1. The molecule has 2 aromatic rings. The lowest BCUT2D eigenvalue weighted by molar-refractivity contribution is -0.145. The molecule has 102 heavy (non-hydrogen) atoms. The van der Waals surface area contributed by atoms with E-state index in [9.17, 15) is 78.0 Å². The number of carbonyl (C=O) groups excluding carboxylic acids is 12. The number of carboxylic acids is 1. The monoisotopic (exact) mass is 1430 g/mol. The Morgan fingerprint density at radius 2 is 1.08 bits per heavy atom. The number of aliphatic hydroxyl groups is 3. The molecule has 30 nitrogen and oxygen atoms in total. The van der Waals surface area contributed by atoms with Crippen molar-refractivity contribution in [3.8, 4) is 0 Å². The SMILES string of the molecule is CC[C@H](C)C(CC(=O)[C@@H](CCCN=C(N)N)NC(=O)[C@@H](CC(=O)[C@@H](NC(=O)[C@@H](NC(=O)[C@H](CC(C)(C)C)NC(=O)[C@@H](CC(C)(C)C)NC(=O)OCc1ccccc1)[C@H](N)c1ccccc1)[C@H](O)C(C)C)CC(C)C)C(=O)N[C@H](C(=O)CCC(=O)N[C@@H](CC(N)=O)C(=O)C[C@@H](CO)C(=O)O)[C@H](C)O. The van der Waals surface area contributed by atoms with Crippen molar-refractivity contribution in [2.45, 2.75) is 234 Å². The van der Waals surface area contributed by atoms with E-state index >= 15 is 4.79 Å². The van der Waals surface area contributed by atoms with Gasteiger partial charge in [0.25, 0.3) is 0 Å². The highest BCUT2D eigenvalue weighted by Gasteiger charge is 2.42. The van der Waals surface area contributed by atoms with Crippen LogP contribution < -0.4 is 60.2 Å². The Morgan fingerprint density at radius 1 is 0.559 bits per heavy atom. The van der Waals surface area contributed by atoms with Crippen molar-refractivity contribution < 1.29 is 87.5 Å².